The Hall–Kier alpha value is -0.320. The van der Waals surface area contributed by atoms with Crippen LogP contribution in [0.4, 0.5) is 0 Å². The molecule has 0 unspecified atom stereocenters. The van der Waals surface area contributed by atoms with Crippen LogP contribution in [-0.2, 0) is 9.57 Å². The smallest absolute Gasteiger partial charge is 0.185 e. The molecule has 8 atom stereocenters. The molecule has 3 aliphatic rings. The van der Waals surface area contributed by atoms with Gasteiger partial charge in [0.1, 0.15) is 12.2 Å². The molecule has 0 amide bonds. The summed E-state index contributed by atoms with van der Waals surface area (Å²) in [4.78, 5) is 5.39. The molecule has 3 saturated heterocycles. The van der Waals surface area contributed by atoms with Gasteiger partial charge >= 0.3 is 0 Å². The normalized spacial score (nSPS) is 56.5. The van der Waals surface area contributed by atoms with Gasteiger partial charge in [-0.25, -0.2) is 0 Å². The van der Waals surface area contributed by atoms with Crippen LogP contribution in [0.3, 0.4) is 0 Å². The summed E-state index contributed by atoms with van der Waals surface area (Å²) in [6.07, 6.45) is -6.18. The van der Waals surface area contributed by atoms with E-state index in [-0.39, 0.29) is 6.54 Å². The van der Waals surface area contributed by atoms with Crippen molar-refractivity contribution in [3.63, 3.8) is 0 Å². The predicted molar refractivity (Wildman–Crippen MR) is 54.8 cm³/mol. The van der Waals surface area contributed by atoms with Crippen molar-refractivity contribution < 1.29 is 35.1 Å². The average Bonchev–Trinajstić information content (AvgIpc) is 2.82. The third kappa shape index (κ3) is 1.62. The molecule has 5 N–H and O–H groups in total. The van der Waals surface area contributed by atoms with Gasteiger partial charge in [0.2, 0.25) is 0 Å². The lowest BCUT2D eigenvalue weighted by Gasteiger charge is -2.39. The van der Waals surface area contributed by atoms with Crippen LogP contribution in [0.25, 0.3) is 0 Å². The molecular formula is C10H17NO7. The van der Waals surface area contributed by atoms with Crippen LogP contribution in [0.15, 0.2) is 0 Å². The summed E-state index contributed by atoms with van der Waals surface area (Å²) in [6, 6.07) is -0.616. The summed E-state index contributed by atoms with van der Waals surface area (Å²) in [7, 11) is 0. The standard InChI is InChI=1S/C10H17NO7/c12-2-4-8(15)9(16)5-6-7(14)3(13)1-11(6)18-10(5)17-4/h3-10,12-16H,1-2H2/t3-,4-,5-,6-,7+,8-,9-,10-/m1/s1. The quantitative estimate of drug-likeness (QED) is 0.329. The second-order valence-corrected chi connectivity index (χ2v) is 5.04. The largest absolute Gasteiger partial charge is 0.394 e. The first-order valence-electron chi connectivity index (χ1n) is 5.96. The minimum Gasteiger partial charge on any atom is -0.394 e. The van der Waals surface area contributed by atoms with Gasteiger partial charge in [-0.3, -0.25) is 4.84 Å². The van der Waals surface area contributed by atoms with Crippen LogP contribution in [0, 0.1) is 5.92 Å². The monoisotopic (exact) mass is 263 g/mol. The van der Waals surface area contributed by atoms with E-state index in [1.165, 1.54) is 5.06 Å². The third-order valence-corrected chi connectivity index (χ3v) is 4.01. The third-order valence-electron chi connectivity index (χ3n) is 4.01. The zero-order valence-electron chi connectivity index (χ0n) is 9.53. The van der Waals surface area contributed by atoms with Gasteiger partial charge in [-0.05, 0) is 0 Å². The van der Waals surface area contributed by atoms with Gasteiger partial charge in [0.05, 0.1) is 43.4 Å². The Labute approximate surface area is 103 Å². The molecule has 8 nitrogen and oxygen atoms in total. The number of fused-ring (bicyclic) bond motifs is 3. The molecule has 0 aromatic rings. The first kappa shape index (κ1) is 12.7. The van der Waals surface area contributed by atoms with Crippen molar-refractivity contribution in [2.24, 2.45) is 5.92 Å². The fourth-order valence-electron chi connectivity index (χ4n) is 3.04. The number of nitrogens with zero attached hydrogens (tertiary/aromatic N) is 1. The van der Waals surface area contributed by atoms with E-state index >= 15 is 0 Å². The summed E-state index contributed by atoms with van der Waals surface area (Å²) in [5, 5.41) is 49.7. The van der Waals surface area contributed by atoms with E-state index < -0.39 is 55.4 Å². The minimum atomic E-state index is -1.25. The maximum absolute atomic E-state index is 10.1. The SMILES string of the molecule is OC[C@H]1O[C@@H]2ON3C[C@@H](O)[C@H](O)[C@H]3[C@@H]2[C@@H](O)[C@@H]1O. The van der Waals surface area contributed by atoms with Crippen molar-refractivity contribution in [3.05, 3.63) is 0 Å². The Morgan fingerprint density at radius 1 is 1.06 bits per heavy atom. The number of ether oxygens (including phenoxy) is 1. The van der Waals surface area contributed by atoms with Crippen molar-refractivity contribution in [3.8, 4) is 0 Å². The molecule has 0 radical (unpaired) electrons. The molecule has 0 aromatic carbocycles. The van der Waals surface area contributed by atoms with E-state index in [0.29, 0.717) is 0 Å². The molecule has 104 valence electrons. The Morgan fingerprint density at radius 2 is 1.78 bits per heavy atom. The first-order chi connectivity index (χ1) is 8.54. The lowest BCUT2D eigenvalue weighted by atomic mass is 9.84. The Kier molecular flexibility index (Phi) is 3.07. The van der Waals surface area contributed by atoms with Gasteiger partial charge in [-0.15, -0.1) is 0 Å². The number of aliphatic hydroxyl groups excluding tert-OH is 5. The number of hydrogen-bond acceptors (Lipinski definition) is 8. The Morgan fingerprint density at radius 3 is 2.44 bits per heavy atom. The highest BCUT2D eigenvalue weighted by molar-refractivity contribution is 5.04. The summed E-state index contributed by atoms with van der Waals surface area (Å²) in [5.41, 5.74) is 0. The molecule has 0 bridgehead atoms. The molecule has 0 spiro atoms. The zero-order valence-corrected chi connectivity index (χ0v) is 9.53. The van der Waals surface area contributed by atoms with Crippen molar-refractivity contribution >= 4 is 0 Å². The Bertz CT molecular complexity index is 327. The van der Waals surface area contributed by atoms with E-state index in [2.05, 4.69) is 0 Å². The van der Waals surface area contributed by atoms with Gasteiger partial charge < -0.3 is 30.3 Å². The van der Waals surface area contributed by atoms with Gasteiger partial charge in [-0.2, -0.15) is 5.06 Å². The molecule has 3 heterocycles. The average molecular weight is 263 g/mol. The fraction of sp³-hybridized carbons (Fsp3) is 1.00. The maximum Gasteiger partial charge on any atom is 0.185 e. The fourth-order valence-corrected chi connectivity index (χ4v) is 3.04. The van der Waals surface area contributed by atoms with Gasteiger partial charge in [0.15, 0.2) is 6.29 Å². The molecule has 0 saturated carbocycles. The number of hydroxylamine groups is 2. The van der Waals surface area contributed by atoms with Crippen LogP contribution < -0.4 is 0 Å². The molecule has 0 aromatic heterocycles. The molecule has 3 fully saturated rings. The van der Waals surface area contributed by atoms with Crippen molar-refractivity contribution in [1.82, 2.24) is 5.06 Å². The topological polar surface area (TPSA) is 123 Å². The first-order valence-corrected chi connectivity index (χ1v) is 5.96. The van der Waals surface area contributed by atoms with Crippen molar-refractivity contribution in [2.75, 3.05) is 13.2 Å². The molecule has 18 heavy (non-hydrogen) atoms. The molecular weight excluding hydrogens is 246 g/mol. The summed E-state index contributed by atoms with van der Waals surface area (Å²) < 4.78 is 5.35. The van der Waals surface area contributed by atoms with Crippen LogP contribution in [0.5, 0.6) is 0 Å². The van der Waals surface area contributed by atoms with Gasteiger partial charge in [0, 0.05) is 0 Å². The highest BCUT2D eigenvalue weighted by Crippen LogP contribution is 2.42. The summed E-state index contributed by atoms with van der Waals surface area (Å²) in [6.45, 7) is -0.310. The van der Waals surface area contributed by atoms with E-state index in [0.717, 1.165) is 0 Å². The van der Waals surface area contributed by atoms with Crippen LogP contribution in [0.1, 0.15) is 0 Å². The van der Waals surface area contributed by atoms with Crippen LogP contribution in [-0.4, -0.2) is 86.6 Å². The minimum absolute atomic E-state index is 0.120. The highest BCUT2D eigenvalue weighted by atomic mass is 16.8. The number of rotatable bonds is 1. The molecule has 3 aliphatic heterocycles. The molecule has 3 rings (SSSR count). The van der Waals surface area contributed by atoms with Gasteiger partial charge in [0.25, 0.3) is 0 Å². The van der Waals surface area contributed by atoms with Crippen LogP contribution in [0.2, 0.25) is 0 Å². The lowest BCUT2D eigenvalue weighted by molar-refractivity contribution is -0.299. The van der Waals surface area contributed by atoms with E-state index in [9.17, 15) is 20.4 Å². The Balaban J connectivity index is 1.84. The number of hydrogen-bond donors (Lipinski definition) is 5. The highest BCUT2D eigenvalue weighted by Gasteiger charge is 2.60. The van der Waals surface area contributed by atoms with E-state index in [1.807, 2.05) is 0 Å². The lowest BCUT2D eigenvalue weighted by Crippen LogP contribution is -2.58. The second-order valence-electron chi connectivity index (χ2n) is 5.04. The maximum atomic E-state index is 10.1. The van der Waals surface area contributed by atoms with Crippen LogP contribution >= 0.6 is 0 Å². The molecule has 0 aliphatic carbocycles. The summed E-state index contributed by atoms with van der Waals surface area (Å²) in [5.74, 6) is -0.657. The molecule has 8 heteroatoms. The predicted octanol–water partition coefficient (Wildman–Crippen LogP) is -3.61. The van der Waals surface area contributed by atoms with Crippen molar-refractivity contribution in [2.45, 2.75) is 42.9 Å². The number of aliphatic hydroxyl groups is 5. The zero-order chi connectivity index (χ0) is 13.0. The van der Waals surface area contributed by atoms with Gasteiger partial charge in [-0.1, -0.05) is 0 Å². The second kappa shape index (κ2) is 4.36. The van der Waals surface area contributed by atoms with E-state index in [1.54, 1.807) is 0 Å². The van der Waals surface area contributed by atoms with Crippen molar-refractivity contribution in [1.29, 1.82) is 0 Å². The summed E-state index contributed by atoms with van der Waals surface area (Å²) >= 11 is 0. The van der Waals surface area contributed by atoms with E-state index in [4.69, 9.17) is 14.7 Å².